The van der Waals surface area contributed by atoms with Gasteiger partial charge in [-0.05, 0) is 63.9 Å². The maximum atomic E-state index is 6.21. The second-order valence-electron chi connectivity index (χ2n) is 6.70. The van der Waals surface area contributed by atoms with Gasteiger partial charge in [-0.25, -0.2) is 0 Å². The van der Waals surface area contributed by atoms with Gasteiger partial charge in [-0.1, -0.05) is 6.92 Å². The highest BCUT2D eigenvalue weighted by Gasteiger charge is 2.42. The number of nitrogens with zero attached hydrogens (tertiary/aromatic N) is 1. The molecule has 4 heteroatoms. The number of thioether (sulfide) groups is 1. The molecule has 3 aliphatic rings. The molecule has 116 valence electrons. The lowest BCUT2D eigenvalue weighted by Crippen LogP contribution is -2.54. The predicted octanol–water partition coefficient (Wildman–Crippen LogP) is 2.51. The van der Waals surface area contributed by atoms with Crippen molar-refractivity contribution in [3.05, 3.63) is 0 Å². The van der Waals surface area contributed by atoms with E-state index in [1.54, 1.807) is 0 Å². The molecule has 0 aliphatic carbocycles. The van der Waals surface area contributed by atoms with Crippen molar-refractivity contribution in [1.82, 2.24) is 10.2 Å². The quantitative estimate of drug-likeness (QED) is 0.862. The second kappa shape index (κ2) is 6.99. The van der Waals surface area contributed by atoms with Crippen LogP contribution in [0.15, 0.2) is 0 Å². The van der Waals surface area contributed by atoms with Gasteiger partial charge in [0, 0.05) is 24.4 Å². The van der Waals surface area contributed by atoms with E-state index in [9.17, 15) is 0 Å². The van der Waals surface area contributed by atoms with Gasteiger partial charge in [-0.2, -0.15) is 11.8 Å². The lowest BCUT2D eigenvalue weighted by atomic mass is 9.87. The summed E-state index contributed by atoms with van der Waals surface area (Å²) in [5.41, 5.74) is 0.229. The Balaban J connectivity index is 1.66. The van der Waals surface area contributed by atoms with E-state index in [2.05, 4.69) is 28.9 Å². The number of rotatable bonds is 4. The van der Waals surface area contributed by atoms with E-state index in [0.717, 1.165) is 18.7 Å². The van der Waals surface area contributed by atoms with Gasteiger partial charge >= 0.3 is 0 Å². The van der Waals surface area contributed by atoms with E-state index in [0.29, 0.717) is 0 Å². The maximum Gasteiger partial charge on any atom is 0.0795 e. The van der Waals surface area contributed by atoms with Crippen LogP contribution in [0.2, 0.25) is 0 Å². The summed E-state index contributed by atoms with van der Waals surface area (Å²) in [5.74, 6) is 2.53. The van der Waals surface area contributed by atoms with Crippen LogP contribution in [0.25, 0.3) is 0 Å². The largest absolute Gasteiger partial charge is 0.374 e. The number of piperidine rings is 1. The lowest BCUT2D eigenvalue weighted by molar-refractivity contribution is -0.0967. The van der Waals surface area contributed by atoms with Crippen molar-refractivity contribution in [2.45, 2.75) is 63.1 Å². The fourth-order valence-corrected chi connectivity index (χ4v) is 5.59. The molecule has 0 aromatic rings. The van der Waals surface area contributed by atoms with E-state index >= 15 is 0 Å². The average Bonchev–Trinajstić information content (AvgIpc) is 2.93. The fourth-order valence-electron chi connectivity index (χ4n) is 4.21. The Morgan fingerprint density at radius 1 is 1.25 bits per heavy atom. The average molecular weight is 298 g/mol. The normalized spacial score (nSPS) is 36.0. The predicted molar refractivity (Wildman–Crippen MR) is 86.5 cm³/mol. The van der Waals surface area contributed by atoms with Gasteiger partial charge in [-0.3, -0.25) is 4.90 Å². The molecule has 3 rings (SSSR count). The van der Waals surface area contributed by atoms with E-state index in [1.807, 2.05) is 0 Å². The molecule has 2 unspecified atom stereocenters. The van der Waals surface area contributed by atoms with Gasteiger partial charge in [0.1, 0.15) is 0 Å². The second-order valence-corrected chi connectivity index (χ2v) is 7.80. The molecule has 3 fully saturated rings. The molecule has 0 aromatic heterocycles. The molecular weight excluding hydrogens is 268 g/mol. The van der Waals surface area contributed by atoms with E-state index < -0.39 is 0 Å². The monoisotopic (exact) mass is 298 g/mol. The summed E-state index contributed by atoms with van der Waals surface area (Å²) in [4.78, 5) is 2.86. The standard InChI is InChI=1S/C16H30N2OS/c1-2-9-18(14-3-7-17-8-4-14)15-5-10-19-16(12-15)6-11-20-13-16/h14-15,17H,2-13H2,1H3. The van der Waals surface area contributed by atoms with Gasteiger partial charge in [0.15, 0.2) is 0 Å². The number of nitrogens with one attached hydrogen (secondary N) is 1. The Morgan fingerprint density at radius 3 is 2.80 bits per heavy atom. The number of hydrogen-bond donors (Lipinski definition) is 1. The minimum atomic E-state index is 0.229. The Bertz CT molecular complexity index is 301. The van der Waals surface area contributed by atoms with Crippen molar-refractivity contribution < 1.29 is 4.74 Å². The Hall–Kier alpha value is 0.230. The van der Waals surface area contributed by atoms with Crippen molar-refractivity contribution in [3.8, 4) is 0 Å². The zero-order valence-electron chi connectivity index (χ0n) is 12.9. The maximum absolute atomic E-state index is 6.21. The van der Waals surface area contributed by atoms with Crippen molar-refractivity contribution in [1.29, 1.82) is 0 Å². The topological polar surface area (TPSA) is 24.5 Å². The first kappa shape index (κ1) is 15.1. The van der Waals surface area contributed by atoms with Gasteiger partial charge in [-0.15, -0.1) is 0 Å². The van der Waals surface area contributed by atoms with Crippen molar-refractivity contribution >= 4 is 11.8 Å². The first-order valence-electron chi connectivity index (χ1n) is 8.51. The highest BCUT2D eigenvalue weighted by atomic mass is 32.2. The molecule has 3 aliphatic heterocycles. The van der Waals surface area contributed by atoms with Crippen molar-refractivity contribution in [3.63, 3.8) is 0 Å². The van der Waals surface area contributed by atoms with Gasteiger partial charge in [0.05, 0.1) is 5.60 Å². The first-order chi connectivity index (χ1) is 9.83. The SMILES string of the molecule is CCCN(C1CCNCC1)C1CCOC2(CCSC2)C1. The van der Waals surface area contributed by atoms with Crippen LogP contribution < -0.4 is 5.32 Å². The van der Waals surface area contributed by atoms with Crippen molar-refractivity contribution in [2.24, 2.45) is 0 Å². The summed E-state index contributed by atoms with van der Waals surface area (Å²) in [6, 6.07) is 1.58. The lowest BCUT2D eigenvalue weighted by Gasteiger charge is -2.46. The summed E-state index contributed by atoms with van der Waals surface area (Å²) >= 11 is 2.09. The fraction of sp³-hybridized carbons (Fsp3) is 1.00. The van der Waals surface area contributed by atoms with Crippen LogP contribution in [-0.4, -0.2) is 60.3 Å². The summed E-state index contributed by atoms with van der Waals surface area (Å²) in [5, 5.41) is 3.51. The molecular formula is C16H30N2OS. The number of hydrogen-bond acceptors (Lipinski definition) is 4. The van der Waals surface area contributed by atoms with Crippen LogP contribution in [0, 0.1) is 0 Å². The van der Waals surface area contributed by atoms with Crippen molar-refractivity contribution in [2.75, 3.05) is 37.7 Å². The van der Waals surface area contributed by atoms with E-state index in [-0.39, 0.29) is 5.60 Å². The smallest absolute Gasteiger partial charge is 0.0795 e. The Labute approximate surface area is 128 Å². The summed E-state index contributed by atoms with van der Waals surface area (Å²) < 4.78 is 6.21. The molecule has 0 bridgehead atoms. The zero-order chi connectivity index (χ0) is 13.8. The number of ether oxygens (including phenoxy) is 1. The molecule has 1 spiro atoms. The minimum absolute atomic E-state index is 0.229. The van der Waals surface area contributed by atoms with E-state index in [1.165, 1.54) is 69.7 Å². The van der Waals surface area contributed by atoms with Crippen LogP contribution in [0.3, 0.4) is 0 Å². The van der Waals surface area contributed by atoms with Crippen LogP contribution in [-0.2, 0) is 4.74 Å². The summed E-state index contributed by atoms with van der Waals surface area (Å²) in [6.07, 6.45) is 7.75. The molecule has 0 aromatic carbocycles. The highest BCUT2D eigenvalue weighted by molar-refractivity contribution is 7.99. The van der Waals surface area contributed by atoms with Crippen LogP contribution in [0.4, 0.5) is 0 Å². The summed E-state index contributed by atoms with van der Waals surface area (Å²) in [7, 11) is 0. The molecule has 20 heavy (non-hydrogen) atoms. The van der Waals surface area contributed by atoms with Gasteiger partial charge < -0.3 is 10.1 Å². The third kappa shape index (κ3) is 3.34. The Kier molecular flexibility index (Phi) is 5.29. The highest BCUT2D eigenvalue weighted by Crippen LogP contribution is 2.40. The minimum Gasteiger partial charge on any atom is -0.374 e. The van der Waals surface area contributed by atoms with Gasteiger partial charge in [0.25, 0.3) is 0 Å². The molecule has 0 amide bonds. The van der Waals surface area contributed by atoms with Crippen LogP contribution in [0.1, 0.15) is 45.4 Å². The molecule has 3 nitrogen and oxygen atoms in total. The molecule has 1 N–H and O–H groups in total. The molecule has 0 radical (unpaired) electrons. The third-order valence-corrected chi connectivity index (χ3v) is 6.49. The van der Waals surface area contributed by atoms with Crippen LogP contribution >= 0.6 is 11.8 Å². The Morgan fingerprint density at radius 2 is 2.10 bits per heavy atom. The molecule has 3 heterocycles. The van der Waals surface area contributed by atoms with Crippen LogP contribution in [0.5, 0.6) is 0 Å². The molecule has 0 saturated carbocycles. The zero-order valence-corrected chi connectivity index (χ0v) is 13.7. The molecule has 2 atom stereocenters. The van der Waals surface area contributed by atoms with Gasteiger partial charge in [0.2, 0.25) is 0 Å². The third-order valence-electron chi connectivity index (χ3n) is 5.26. The molecule has 3 saturated heterocycles. The summed E-state index contributed by atoms with van der Waals surface area (Å²) in [6.45, 7) is 6.99. The first-order valence-corrected chi connectivity index (χ1v) is 9.67. The van der Waals surface area contributed by atoms with E-state index in [4.69, 9.17) is 4.74 Å².